The monoisotopic (exact) mass is 239 g/mol. The van der Waals surface area contributed by atoms with E-state index in [2.05, 4.69) is 40.8 Å². The zero-order chi connectivity index (χ0) is 10.7. The molecule has 0 aliphatic carbocycles. The average Bonchev–Trinajstić information content (AvgIpc) is 2.83. The molecule has 2 rings (SSSR count). The van der Waals surface area contributed by atoms with Crippen LogP contribution in [0.3, 0.4) is 0 Å². The first kappa shape index (κ1) is 10.7. The van der Waals surface area contributed by atoms with E-state index in [0.717, 1.165) is 23.1 Å². The van der Waals surface area contributed by atoms with Crippen LogP contribution in [0.15, 0.2) is 11.4 Å². The van der Waals surface area contributed by atoms with Crippen molar-refractivity contribution in [3.05, 3.63) is 22.0 Å². The summed E-state index contributed by atoms with van der Waals surface area (Å²) >= 11 is 3.40. The molecule has 0 radical (unpaired) electrons. The van der Waals surface area contributed by atoms with E-state index in [1.807, 2.05) is 0 Å². The molecule has 2 aromatic rings. The molecule has 0 aliphatic heterocycles. The number of hydrogen-bond donors (Lipinski definition) is 1. The van der Waals surface area contributed by atoms with Crippen molar-refractivity contribution in [3.63, 3.8) is 0 Å². The highest BCUT2D eigenvalue weighted by Gasteiger charge is 2.09. The lowest BCUT2D eigenvalue weighted by Gasteiger charge is -1.93. The highest BCUT2D eigenvalue weighted by molar-refractivity contribution is 7.20. The molecule has 0 bridgehead atoms. The molecule has 2 heterocycles. The van der Waals surface area contributed by atoms with Gasteiger partial charge in [-0.3, -0.25) is 0 Å². The Kier molecular flexibility index (Phi) is 3.45. The summed E-state index contributed by atoms with van der Waals surface area (Å²) in [4.78, 5) is 1.25. The number of rotatable bonds is 4. The summed E-state index contributed by atoms with van der Waals surface area (Å²) in [5, 5.41) is 15.8. The molecule has 0 aliphatic rings. The van der Waals surface area contributed by atoms with E-state index in [1.165, 1.54) is 10.4 Å². The highest BCUT2D eigenvalue weighted by Crippen LogP contribution is 2.31. The maximum Gasteiger partial charge on any atom is 0.158 e. The van der Waals surface area contributed by atoms with Gasteiger partial charge in [0.05, 0.1) is 4.88 Å². The summed E-state index contributed by atoms with van der Waals surface area (Å²) in [5.74, 6) is 0. The third kappa shape index (κ3) is 2.42. The predicted octanol–water partition coefficient (Wildman–Crippen LogP) is 2.68. The van der Waals surface area contributed by atoms with Gasteiger partial charge >= 0.3 is 0 Å². The molecule has 0 unspecified atom stereocenters. The molecule has 0 atom stereocenters. The summed E-state index contributed by atoms with van der Waals surface area (Å²) in [5.41, 5.74) is 1.28. The lowest BCUT2D eigenvalue weighted by atomic mass is 10.3. The Hall–Kier alpha value is -0.780. The lowest BCUT2D eigenvalue weighted by molar-refractivity contribution is 0.715. The fourth-order valence-corrected chi connectivity index (χ4v) is 3.13. The average molecular weight is 239 g/mol. The molecule has 5 heteroatoms. The number of thiophene rings is 1. The normalized spacial score (nSPS) is 10.8. The van der Waals surface area contributed by atoms with E-state index in [9.17, 15) is 0 Å². The van der Waals surface area contributed by atoms with Gasteiger partial charge < -0.3 is 5.32 Å². The van der Waals surface area contributed by atoms with Crippen LogP contribution in [-0.2, 0) is 6.54 Å². The van der Waals surface area contributed by atoms with E-state index >= 15 is 0 Å². The molecule has 15 heavy (non-hydrogen) atoms. The van der Waals surface area contributed by atoms with E-state index in [-0.39, 0.29) is 0 Å². The van der Waals surface area contributed by atoms with Crippen molar-refractivity contribution in [1.29, 1.82) is 0 Å². The van der Waals surface area contributed by atoms with E-state index < -0.39 is 0 Å². The van der Waals surface area contributed by atoms with Crippen molar-refractivity contribution in [2.75, 3.05) is 6.54 Å². The topological polar surface area (TPSA) is 37.8 Å². The van der Waals surface area contributed by atoms with Crippen molar-refractivity contribution < 1.29 is 0 Å². The Morgan fingerprint density at radius 3 is 2.93 bits per heavy atom. The SMILES string of the molecule is CCNCc1nnc(-c2sccc2C)s1. The standard InChI is InChI=1S/C10H13N3S2/c1-3-11-6-8-12-13-10(15-8)9-7(2)4-5-14-9/h4-5,11H,3,6H2,1-2H3. The predicted molar refractivity (Wildman–Crippen MR) is 65.3 cm³/mol. The minimum absolute atomic E-state index is 0.818. The quantitative estimate of drug-likeness (QED) is 0.891. The van der Waals surface area contributed by atoms with Gasteiger partial charge in [0, 0.05) is 6.54 Å². The number of aromatic nitrogens is 2. The van der Waals surface area contributed by atoms with Gasteiger partial charge in [0.1, 0.15) is 5.01 Å². The van der Waals surface area contributed by atoms with Gasteiger partial charge in [-0.25, -0.2) is 0 Å². The first-order valence-corrected chi connectivity index (χ1v) is 6.58. The number of nitrogens with zero attached hydrogens (tertiary/aromatic N) is 2. The van der Waals surface area contributed by atoms with Crippen molar-refractivity contribution in [2.45, 2.75) is 20.4 Å². The van der Waals surface area contributed by atoms with E-state index in [4.69, 9.17) is 0 Å². The van der Waals surface area contributed by atoms with Crippen LogP contribution in [0, 0.1) is 6.92 Å². The van der Waals surface area contributed by atoms with Gasteiger partial charge in [-0.05, 0) is 30.5 Å². The molecule has 2 aromatic heterocycles. The first-order valence-electron chi connectivity index (χ1n) is 4.89. The molecule has 3 nitrogen and oxygen atoms in total. The van der Waals surface area contributed by atoms with Crippen molar-refractivity contribution in [2.24, 2.45) is 0 Å². The highest BCUT2D eigenvalue weighted by atomic mass is 32.1. The zero-order valence-corrected chi connectivity index (χ0v) is 10.4. The van der Waals surface area contributed by atoms with Gasteiger partial charge in [-0.2, -0.15) is 0 Å². The van der Waals surface area contributed by atoms with Gasteiger partial charge in [0.15, 0.2) is 5.01 Å². The molecule has 0 saturated heterocycles. The molecule has 0 saturated carbocycles. The summed E-state index contributed by atoms with van der Waals surface area (Å²) < 4.78 is 0. The van der Waals surface area contributed by atoms with Crippen LogP contribution in [0.1, 0.15) is 17.5 Å². The van der Waals surface area contributed by atoms with Crippen LogP contribution < -0.4 is 5.32 Å². The van der Waals surface area contributed by atoms with Crippen LogP contribution in [-0.4, -0.2) is 16.7 Å². The zero-order valence-electron chi connectivity index (χ0n) is 8.78. The Morgan fingerprint density at radius 1 is 1.40 bits per heavy atom. The molecule has 0 spiro atoms. The maximum absolute atomic E-state index is 4.21. The minimum Gasteiger partial charge on any atom is -0.311 e. The molecule has 80 valence electrons. The van der Waals surface area contributed by atoms with Crippen molar-refractivity contribution in [3.8, 4) is 9.88 Å². The van der Waals surface area contributed by atoms with Gasteiger partial charge in [0.2, 0.25) is 0 Å². The fraction of sp³-hybridized carbons (Fsp3) is 0.400. The van der Waals surface area contributed by atoms with Crippen LogP contribution in [0.4, 0.5) is 0 Å². The second-order valence-electron chi connectivity index (χ2n) is 3.21. The maximum atomic E-state index is 4.21. The second-order valence-corrected chi connectivity index (χ2v) is 5.19. The van der Waals surface area contributed by atoms with E-state index in [1.54, 1.807) is 22.7 Å². The van der Waals surface area contributed by atoms with Crippen LogP contribution >= 0.6 is 22.7 Å². The first-order chi connectivity index (χ1) is 7.31. The molecular weight excluding hydrogens is 226 g/mol. The van der Waals surface area contributed by atoms with Crippen LogP contribution in [0.5, 0.6) is 0 Å². The molecular formula is C10H13N3S2. The number of nitrogens with one attached hydrogen (secondary N) is 1. The molecule has 0 fully saturated rings. The van der Waals surface area contributed by atoms with Crippen molar-refractivity contribution >= 4 is 22.7 Å². The summed E-state index contributed by atoms with van der Waals surface area (Å²) in [6.07, 6.45) is 0. The second kappa shape index (κ2) is 4.83. The minimum atomic E-state index is 0.818. The van der Waals surface area contributed by atoms with Crippen molar-refractivity contribution in [1.82, 2.24) is 15.5 Å². The van der Waals surface area contributed by atoms with Crippen LogP contribution in [0.25, 0.3) is 9.88 Å². The Labute approximate surface area is 97.2 Å². The Bertz CT molecular complexity index is 433. The smallest absolute Gasteiger partial charge is 0.158 e. The van der Waals surface area contributed by atoms with Crippen LogP contribution in [0.2, 0.25) is 0 Å². The number of hydrogen-bond acceptors (Lipinski definition) is 5. The third-order valence-electron chi connectivity index (χ3n) is 2.05. The molecule has 0 amide bonds. The summed E-state index contributed by atoms with van der Waals surface area (Å²) in [6, 6.07) is 2.12. The van der Waals surface area contributed by atoms with E-state index in [0.29, 0.717) is 0 Å². The van der Waals surface area contributed by atoms with Gasteiger partial charge in [-0.1, -0.05) is 18.3 Å². The summed E-state index contributed by atoms with van der Waals surface area (Å²) in [6.45, 7) is 5.98. The van der Waals surface area contributed by atoms with Gasteiger partial charge in [-0.15, -0.1) is 21.5 Å². The van der Waals surface area contributed by atoms with Gasteiger partial charge in [0.25, 0.3) is 0 Å². The number of aryl methyl sites for hydroxylation is 1. The molecule has 0 aromatic carbocycles. The molecule has 1 N–H and O–H groups in total. The fourth-order valence-electron chi connectivity index (χ4n) is 1.24. The third-order valence-corrected chi connectivity index (χ3v) is 4.14. The lowest BCUT2D eigenvalue weighted by Crippen LogP contribution is -2.11. The Morgan fingerprint density at radius 2 is 2.27 bits per heavy atom. The Balaban J connectivity index is 2.17. The largest absolute Gasteiger partial charge is 0.311 e. The summed E-state index contributed by atoms with van der Waals surface area (Å²) in [7, 11) is 0.